The first-order valence-corrected chi connectivity index (χ1v) is 6.02. The third-order valence-electron chi connectivity index (χ3n) is 2.39. The van der Waals surface area contributed by atoms with E-state index in [1.165, 1.54) is 20.3 Å². The number of carbonyl (C=O) groups excluding carboxylic acids is 2. The van der Waals surface area contributed by atoms with Gasteiger partial charge in [-0.2, -0.15) is 0 Å². The molecule has 0 unspecified atom stereocenters. The Kier molecular flexibility index (Phi) is 6.15. The van der Waals surface area contributed by atoms with Crippen molar-refractivity contribution < 1.29 is 23.8 Å². The summed E-state index contributed by atoms with van der Waals surface area (Å²) in [6.07, 6.45) is 1.38. The molecule has 0 fully saturated rings. The highest BCUT2D eigenvalue weighted by molar-refractivity contribution is 6.31. The number of methoxy groups -OCH3 is 2. The normalized spacial score (nSPS) is 9.84. The van der Waals surface area contributed by atoms with Crippen molar-refractivity contribution in [2.45, 2.75) is 12.8 Å². The van der Waals surface area contributed by atoms with Crippen molar-refractivity contribution in [3.63, 3.8) is 0 Å². The Bertz CT molecular complexity index is 459. The predicted molar refractivity (Wildman–Crippen MR) is 70.1 cm³/mol. The molecule has 6 heteroatoms. The lowest BCUT2D eigenvalue weighted by Crippen LogP contribution is -2.06. The number of carbonyl (C=O) groups is 2. The number of benzene rings is 1. The van der Waals surface area contributed by atoms with Crippen molar-refractivity contribution in [2.75, 3.05) is 20.8 Å². The molecule has 0 saturated carbocycles. The lowest BCUT2D eigenvalue weighted by molar-refractivity contribution is -0.140. The smallest absolute Gasteiger partial charge is 0.305 e. The van der Waals surface area contributed by atoms with Crippen LogP contribution in [-0.4, -0.2) is 33.1 Å². The van der Waals surface area contributed by atoms with Gasteiger partial charge in [0.15, 0.2) is 17.8 Å². The zero-order chi connectivity index (χ0) is 14.3. The molecule has 0 N–H and O–H groups in total. The van der Waals surface area contributed by atoms with Crippen LogP contribution in [0.15, 0.2) is 12.1 Å². The van der Waals surface area contributed by atoms with E-state index in [0.717, 1.165) is 0 Å². The van der Waals surface area contributed by atoms with Gasteiger partial charge in [-0.25, -0.2) is 0 Å². The van der Waals surface area contributed by atoms with E-state index in [0.29, 0.717) is 34.8 Å². The molecule has 104 valence electrons. The van der Waals surface area contributed by atoms with Crippen LogP contribution in [0.25, 0.3) is 0 Å². The van der Waals surface area contributed by atoms with Gasteiger partial charge in [-0.1, -0.05) is 11.6 Å². The van der Waals surface area contributed by atoms with Crippen molar-refractivity contribution >= 4 is 23.9 Å². The highest BCUT2D eigenvalue weighted by Gasteiger charge is 2.12. The van der Waals surface area contributed by atoms with Crippen molar-refractivity contribution in [1.29, 1.82) is 0 Å². The Morgan fingerprint density at radius 1 is 1.37 bits per heavy atom. The summed E-state index contributed by atoms with van der Waals surface area (Å²) in [4.78, 5) is 21.9. The summed E-state index contributed by atoms with van der Waals surface area (Å²) in [5, 5.41) is 0.390. The van der Waals surface area contributed by atoms with E-state index in [1.807, 2.05) is 0 Å². The first-order valence-electron chi connectivity index (χ1n) is 5.64. The van der Waals surface area contributed by atoms with E-state index in [1.54, 1.807) is 6.07 Å². The van der Waals surface area contributed by atoms with Crippen LogP contribution in [0, 0.1) is 0 Å². The molecular weight excluding hydrogens is 272 g/mol. The number of aldehydes is 1. The second kappa shape index (κ2) is 7.63. The Morgan fingerprint density at radius 3 is 2.68 bits per heavy atom. The van der Waals surface area contributed by atoms with Crippen LogP contribution in [0.4, 0.5) is 0 Å². The van der Waals surface area contributed by atoms with Crippen LogP contribution in [0.1, 0.15) is 23.2 Å². The molecule has 1 aromatic carbocycles. The summed E-state index contributed by atoms with van der Waals surface area (Å²) in [6.45, 7) is 0.272. The highest BCUT2D eigenvalue weighted by Crippen LogP contribution is 2.33. The number of ether oxygens (including phenoxy) is 3. The largest absolute Gasteiger partial charge is 0.493 e. The van der Waals surface area contributed by atoms with Gasteiger partial charge in [0.05, 0.1) is 26.4 Å². The Hall–Kier alpha value is -1.75. The molecule has 0 aliphatic carbocycles. The van der Waals surface area contributed by atoms with Crippen molar-refractivity contribution in [3.8, 4) is 11.5 Å². The van der Waals surface area contributed by atoms with Crippen molar-refractivity contribution in [3.05, 3.63) is 22.7 Å². The fourth-order valence-corrected chi connectivity index (χ4v) is 1.69. The van der Waals surface area contributed by atoms with Crippen LogP contribution in [0.3, 0.4) is 0 Å². The van der Waals surface area contributed by atoms with E-state index in [4.69, 9.17) is 21.1 Å². The van der Waals surface area contributed by atoms with E-state index in [-0.39, 0.29) is 19.0 Å². The summed E-state index contributed by atoms with van der Waals surface area (Å²) in [5.41, 5.74) is 0.308. The van der Waals surface area contributed by atoms with Gasteiger partial charge in [-0.3, -0.25) is 9.59 Å². The maximum atomic E-state index is 11.0. The van der Waals surface area contributed by atoms with Crippen LogP contribution in [-0.2, 0) is 9.53 Å². The molecule has 0 spiro atoms. The van der Waals surface area contributed by atoms with E-state index >= 15 is 0 Å². The first kappa shape index (κ1) is 15.3. The standard InChI is InChI=1S/C13H15ClO5/c1-17-11-7-10(14)6-9(8-15)13(11)19-5-3-4-12(16)18-2/h6-8H,3-5H2,1-2H3. The number of halogens is 1. The molecule has 19 heavy (non-hydrogen) atoms. The lowest BCUT2D eigenvalue weighted by Gasteiger charge is -2.12. The summed E-state index contributed by atoms with van der Waals surface area (Å²) >= 11 is 5.85. The topological polar surface area (TPSA) is 61.8 Å². The molecule has 5 nitrogen and oxygen atoms in total. The molecule has 0 amide bonds. The molecule has 0 heterocycles. The van der Waals surface area contributed by atoms with E-state index < -0.39 is 0 Å². The SMILES string of the molecule is COC(=O)CCCOc1c(C=O)cc(Cl)cc1OC. The molecular formula is C13H15ClO5. The zero-order valence-electron chi connectivity index (χ0n) is 10.8. The van der Waals surface area contributed by atoms with Crippen LogP contribution in [0.5, 0.6) is 11.5 Å². The summed E-state index contributed by atoms with van der Waals surface area (Å²) in [6, 6.07) is 3.05. The first-order chi connectivity index (χ1) is 9.12. The van der Waals surface area contributed by atoms with Gasteiger partial charge < -0.3 is 14.2 Å². The lowest BCUT2D eigenvalue weighted by atomic mass is 10.2. The van der Waals surface area contributed by atoms with E-state index in [2.05, 4.69) is 4.74 Å². The maximum absolute atomic E-state index is 11.0. The Morgan fingerprint density at radius 2 is 2.11 bits per heavy atom. The molecule has 1 rings (SSSR count). The minimum absolute atomic E-state index is 0.253. The Labute approximate surface area is 116 Å². The fourth-order valence-electron chi connectivity index (χ4n) is 1.48. The second-order valence-electron chi connectivity index (χ2n) is 3.67. The monoisotopic (exact) mass is 286 g/mol. The Balaban J connectivity index is 2.71. The molecule has 1 aromatic rings. The minimum Gasteiger partial charge on any atom is -0.493 e. The van der Waals surface area contributed by atoms with Gasteiger partial charge in [0.25, 0.3) is 0 Å². The summed E-state index contributed by atoms with van der Waals surface area (Å²) < 4.78 is 15.1. The summed E-state index contributed by atoms with van der Waals surface area (Å²) in [5.74, 6) is 0.404. The van der Waals surface area contributed by atoms with E-state index in [9.17, 15) is 9.59 Å². The zero-order valence-corrected chi connectivity index (χ0v) is 11.5. The number of hydrogen-bond acceptors (Lipinski definition) is 5. The van der Waals surface area contributed by atoms with Crippen LogP contribution in [0.2, 0.25) is 5.02 Å². The van der Waals surface area contributed by atoms with Crippen molar-refractivity contribution in [2.24, 2.45) is 0 Å². The predicted octanol–water partition coefficient (Wildman–Crippen LogP) is 2.49. The molecule has 0 aromatic heterocycles. The molecule has 0 saturated heterocycles. The second-order valence-corrected chi connectivity index (χ2v) is 4.11. The molecule has 0 aliphatic rings. The highest BCUT2D eigenvalue weighted by atomic mass is 35.5. The quantitative estimate of drug-likeness (QED) is 0.438. The average molecular weight is 287 g/mol. The minimum atomic E-state index is -0.303. The number of esters is 1. The van der Waals surface area contributed by atoms with Crippen LogP contribution < -0.4 is 9.47 Å². The number of hydrogen-bond donors (Lipinski definition) is 0. The van der Waals surface area contributed by atoms with Crippen molar-refractivity contribution in [1.82, 2.24) is 0 Å². The van der Waals surface area contributed by atoms with Gasteiger partial charge in [0, 0.05) is 17.5 Å². The van der Waals surface area contributed by atoms with Gasteiger partial charge in [0.1, 0.15) is 0 Å². The fraction of sp³-hybridized carbons (Fsp3) is 0.385. The molecule has 0 bridgehead atoms. The third kappa shape index (κ3) is 4.44. The molecule has 0 aliphatic heterocycles. The van der Waals surface area contributed by atoms with Gasteiger partial charge in [0.2, 0.25) is 0 Å². The molecule has 0 atom stereocenters. The van der Waals surface area contributed by atoms with Gasteiger partial charge >= 0.3 is 5.97 Å². The third-order valence-corrected chi connectivity index (χ3v) is 2.61. The number of rotatable bonds is 7. The summed E-state index contributed by atoms with van der Waals surface area (Å²) in [7, 11) is 2.79. The maximum Gasteiger partial charge on any atom is 0.305 e. The van der Waals surface area contributed by atoms with Gasteiger partial charge in [-0.15, -0.1) is 0 Å². The van der Waals surface area contributed by atoms with Gasteiger partial charge in [-0.05, 0) is 12.5 Å². The van der Waals surface area contributed by atoms with Crippen LogP contribution >= 0.6 is 11.6 Å². The average Bonchev–Trinajstić information content (AvgIpc) is 2.43. The molecule has 0 radical (unpaired) electrons.